The number of ether oxygens (including phenoxy) is 2. The fourth-order valence-corrected chi connectivity index (χ4v) is 4.22. The van der Waals surface area contributed by atoms with Crippen molar-refractivity contribution in [2.75, 3.05) is 11.9 Å². The topological polar surface area (TPSA) is 89.2 Å². The van der Waals surface area contributed by atoms with Crippen LogP contribution in [0.25, 0.3) is 5.69 Å². The first-order valence-corrected chi connectivity index (χ1v) is 10.4. The minimum Gasteiger partial charge on any atom is -0.457 e. The number of aromatic nitrogens is 2. The fourth-order valence-electron chi connectivity index (χ4n) is 4.04. The zero-order valence-electron chi connectivity index (χ0n) is 16.5. The SMILES string of the molecule is N#Cc1ccc(Oc2ccc(-n3ncc(NC4C5CCO[C@H]4C5)c(Cl)c3=O)cc2)cc1. The van der Waals surface area contributed by atoms with Gasteiger partial charge in [-0.25, -0.2) is 0 Å². The largest absolute Gasteiger partial charge is 0.457 e. The van der Waals surface area contributed by atoms with Gasteiger partial charge in [0, 0.05) is 6.61 Å². The Morgan fingerprint density at radius 2 is 1.87 bits per heavy atom. The molecule has 2 fully saturated rings. The summed E-state index contributed by atoms with van der Waals surface area (Å²) in [5.41, 5.74) is 1.29. The van der Waals surface area contributed by atoms with E-state index in [9.17, 15) is 4.79 Å². The molecule has 1 saturated carbocycles. The highest BCUT2D eigenvalue weighted by atomic mass is 35.5. The number of nitrogens with zero attached hydrogens (tertiary/aromatic N) is 3. The Morgan fingerprint density at radius 1 is 1.16 bits per heavy atom. The first-order chi connectivity index (χ1) is 15.1. The van der Waals surface area contributed by atoms with Gasteiger partial charge in [0.25, 0.3) is 5.56 Å². The Hall–Kier alpha value is -3.34. The minimum absolute atomic E-state index is 0.109. The summed E-state index contributed by atoms with van der Waals surface area (Å²) in [5, 5.41) is 16.6. The van der Waals surface area contributed by atoms with E-state index in [2.05, 4.69) is 16.5 Å². The zero-order chi connectivity index (χ0) is 21.4. The molecule has 1 aliphatic heterocycles. The molecule has 1 N–H and O–H groups in total. The van der Waals surface area contributed by atoms with E-state index in [4.69, 9.17) is 26.3 Å². The molecule has 7 nitrogen and oxygen atoms in total. The smallest absolute Gasteiger partial charge is 0.292 e. The number of nitriles is 1. The first-order valence-electron chi connectivity index (χ1n) is 10.1. The Labute approximate surface area is 183 Å². The lowest BCUT2D eigenvalue weighted by atomic mass is 9.72. The molecule has 2 bridgehead atoms. The van der Waals surface area contributed by atoms with Crippen LogP contribution in [0.2, 0.25) is 5.02 Å². The summed E-state index contributed by atoms with van der Waals surface area (Å²) in [4.78, 5) is 12.8. The van der Waals surface area contributed by atoms with Crippen LogP contribution in [0.15, 0.2) is 59.5 Å². The van der Waals surface area contributed by atoms with Crippen molar-refractivity contribution in [1.82, 2.24) is 9.78 Å². The molecule has 2 aliphatic rings. The lowest BCUT2D eigenvalue weighted by Crippen LogP contribution is -2.56. The van der Waals surface area contributed by atoms with E-state index in [-0.39, 0.29) is 17.2 Å². The standard InChI is InChI=1S/C23H19ClN4O3/c24-21-19(27-22-15-9-10-30-20(22)11-15)13-26-28(23(21)29)16-3-7-18(8-4-16)31-17-5-1-14(12-25)2-6-17/h1-8,13,15,20,22,27H,9-11H2/t15?,20-,22?/m0/s1. The molecule has 3 aromatic rings. The van der Waals surface area contributed by atoms with Gasteiger partial charge in [-0.15, -0.1) is 0 Å². The lowest BCUT2D eigenvalue weighted by Gasteiger charge is -2.49. The van der Waals surface area contributed by atoms with Crippen LogP contribution in [0.3, 0.4) is 0 Å². The number of rotatable bonds is 5. The minimum atomic E-state index is -0.391. The number of benzene rings is 2. The predicted molar refractivity (Wildman–Crippen MR) is 116 cm³/mol. The van der Waals surface area contributed by atoms with Crippen molar-refractivity contribution in [3.63, 3.8) is 0 Å². The van der Waals surface area contributed by atoms with Crippen LogP contribution in [-0.2, 0) is 4.74 Å². The average Bonchev–Trinajstić information content (AvgIpc) is 2.81. The third-order valence-electron chi connectivity index (χ3n) is 5.81. The van der Waals surface area contributed by atoms with E-state index in [0.29, 0.717) is 34.4 Å². The fraction of sp³-hybridized carbons (Fsp3) is 0.261. The van der Waals surface area contributed by atoms with Crippen molar-refractivity contribution in [2.24, 2.45) is 5.92 Å². The molecule has 2 heterocycles. The van der Waals surface area contributed by atoms with Crippen LogP contribution in [-0.4, -0.2) is 28.5 Å². The van der Waals surface area contributed by atoms with E-state index >= 15 is 0 Å². The van der Waals surface area contributed by atoms with Crippen molar-refractivity contribution in [3.05, 3.63) is 75.7 Å². The monoisotopic (exact) mass is 434 g/mol. The second-order valence-corrected chi connectivity index (χ2v) is 8.06. The Bertz CT molecular complexity index is 1190. The van der Waals surface area contributed by atoms with Crippen molar-refractivity contribution < 1.29 is 9.47 Å². The van der Waals surface area contributed by atoms with Crippen LogP contribution in [0.5, 0.6) is 11.5 Å². The Morgan fingerprint density at radius 3 is 2.48 bits per heavy atom. The maximum Gasteiger partial charge on any atom is 0.292 e. The molecule has 8 heteroatoms. The quantitative estimate of drug-likeness (QED) is 0.649. The van der Waals surface area contributed by atoms with Gasteiger partial charge in [0.15, 0.2) is 0 Å². The summed E-state index contributed by atoms with van der Waals surface area (Å²) >= 11 is 6.37. The summed E-state index contributed by atoms with van der Waals surface area (Å²) in [5.74, 6) is 1.77. The molecule has 0 spiro atoms. The van der Waals surface area contributed by atoms with Gasteiger partial charge in [0.2, 0.25) is 0 Å². The van der Waals surface area contributed by atoms with E-state index in [1.54, 1.807) is 54.7 Å². The third kappa shape index (κ3) is 3.76. The molecule has 3 atom stereocenters. The van der Waals surface area contributed by atoms with E-state index < -0.39 is 5.56 Å². The van der Waals surface area contributed by atoms with Gasteiger partial charge in [-0.1, -0.05) is 11.6 Å². The van der Waals surface area contributed by atoms with Crippen molar-refractivity contribution in [3.8, 4) is 23.3 Å². The van der Waals surface area contributed by atoms with E-state index in [1.165, 1.54) is 4.68 Å². The van der Waals surface area contributed by atoms with Crippen molar-refractivity contribution in [2.45, 2.75) is 25.0 Å². The van der Waals surface area contributed by atoms with E-state index in [0.717, 1.165) is 19.4 Å². The molecule has 2 unspecified atom stereocenters. The number of anilines is 1. The summed E-state index contributed by atoms with van der Waals surface area (Å²) in [7, 11) is 0. The molecule has 156 valence electrons. The second-order valence-electron chi connectivity index (χ2n) is 7.69. The second kappa shape index (κ2) is 8.06. The van der Waals surface area contributed by atoms with Gasteiger partial charge in [0.1, 0.15) is 16.5 Å². The van der Waals surface area contributed by atoms with Gasteiger partial charge < -0.3 is 14.8 Å². The third-order valence-corrected chi connectivity index (χ3v) is 6.17. The molecule has 0 radical (unpaired) electrons. The maximum absolute atomic E-state index is 12.8. The molecular weight excluding hydrogens is 416 g/mol. The van der Waals surface area contributed by atoms with Crippen LogP contribution in [0.4, 0.5) is 5.69 Å². The molecule has 1 aromatic heterocycles. The van der Waals surface area contributed by atoms with E-state index in [1.807, 2.05) is 0 Å². The lowest BCUT2D eigenvalue weighted by molar-refractivity contribution is -0.0999. The van der Waals surface area contributed by atoms with Crippen LogP contribution in [0.1, 0.15) is 18.4 Å². The number of hydrogen-bond donors (Lipinski definition) is 1. The number of nitrogens with one attached hydrogen (secondary N) is 1. The summed E-state index contributed by atoms with van der Waals surface area (Å²) in [6.45, 7) is 0.798. The van der Waals surface area contributed by atoms with Crippen LogP contribution in [0, 0.1) is 17.2 Å². The molecule has 2 aromatic carbocycles. The van der Waals surface area contributed by atoms with Crippen LogP contribution < -0.4 is 15.6 Å². The number of halogens is 1. The summed E-state index contributed by atoms with van der Waals surface area (Å²) < 4.78 is 12.8. The van der Waals surface area contributed by atoms with Gasteiger partial charge in [-0.2, -0.15) is 15.0 Å². The van der Waals surface area contributed by atoms with Crippen molar-refractivity contribution in [1.29, 1.82) is 5.26 Å². The van der Waals surface area contributed by atoms with Crippen LogP contribution >= 0.6 is 11.6 Å². The highest BCUT2D eigenvalue weighted by molar-refractivity contribution is 6.33. The first kappa shape index (κ1) is 19.6. The Balaban J connectivity index is 1.32. The number of hydrogen-bond acceptors (Lipinski definition) is 6. The molecular formula is C23H19ClN4O3. The highest BCUT2D eigenvalue weighted by Crippen LogP contribution is 2.40. The normalized spacial score (nSPS) is 21.6. The predicted octanol–water partition coefficient (Wildman–Crippen LogP) is 4.14. The van der Waals surface area contributed by atoms with Crippen molar-refractivity contribution >= 4 is 17.3 Å². The van der Waals surface area contributed by atoms with Gasteiger partial charge in [-0.3, -0.25) is 4.79 Å². The number of fused-ring (bicyclic) bond motifs is 2. The average molecular weight is 435 g/mol. The molecule has 5 rings (SSSR count). The van der Waals surface area contributed by atoms with Gasteiger partial charge in [0.05, 0.1) is 41.4 Å². The molecule has 31 heavy (non-hydrogen) atoms. The summed E-state index contributed by atoms with van der Waals surface area (Å²) in [6.07, 6.45) is 3.84. The highest BCUT2D eigenvalue weighted by Gasteiger charge is 2.45. The Kier molecular flexibility index (Phi) is 5.10. The summed E-state index contributed by atoms with van der Waals surface area (Å²) in [6, 6.07) is 16.0. The van der Waals surface area contributed by atoms with Gasteiger partial charge in [-0.05, 0) is 67.3 Å². The molecule has 0 amide bonds. The maximum atomic E-state index is 12.8. The molecule has 1 aliphatic carbocycles. The van der Waals surface area contributed by atoms with Gasteiger partial charge >= 0.3 is 0 Å². The zero-order valence-corrected chi connectivity index (χ0v) is 17.2. The molecule has 1 saturated heterocycles.